The van der Waals surface area contributed by atoms with E-state index in [0.717, 1.165) is 6.26 Å². The molecule has 0 bridgehead atoms. The van der Waals surface area contributed by atoms with Gasteiger partial charge in [-0.05, 0) is 30.2 Å². The number of allylic oxidation sites excluding steroid dienone is 2. The predicted molar refractivity (Wildman–Crippen MR) is 78.2 cm³/mol. The molecule has 14 heteroatoms. The van der Waals surface area contributed by atoms with Crippen molar-refractivity contribution >= 4 is 17.7 Å². The normalized spacial score (nSPS) is 12.6. The summed E-state index contributed by atoms with van der Waals surface area (Å²) in [6, 6.07) is 5.61. The van der Waals surface area contributed by atoms with E-state index in [1.54, 1.807) is 0 Å². The van der Waals surface area contributed by atoms with Crippen molar-refractivity contribution in [2.75, 3.05) is 18.6 Å². The molecule has 1 aromatic rings. The Morgan fingerprint density at radius 1 is 1.19 bits per heavy atom. The molecule has 0 atom stereocenters. The van der Waals surface area contributed by atoms with E-state index in [1.165, 1.54) is 24.3 Å². The van der Waals surface area contributed by atoms with E-state index in [4.69, 9.17) is 4.74 Å². The van der Waals surface area contributed by atoms with E-state index in [9.17, 15) is 35.9 Å². The molecule has 27 heavy (non-hydrogen) atoms. The van der Waals surface area contributed by atoms with E-state index in [-0.39, 0.29) is 77.9 Å². The van der Waals surface area contributed by atoms with Gasteiger partial charge in [0.25, 0.3) is 0 Å². The zero-order valence-electron chi connectivity index (χ0n) is 14.9. The second kappa shape index (κ2) is 12.2. The van der Waals surface area contributed by atoms with Gasteiger partial charge in [-0.1, -0.05) is 12.1 Å². The number of hydrogen-bond acceptors (Lipinski definition) is 7. The van der Waals surface area contributed by atoms with Gasteiger partial charge in [0.1, 0.15) is 20.2 Å². The number of sulfone groups is 1. The fourth-order valence-corrected chi connectivity index (χ4v) is 2.37. The van der Waals surface area contributed by atoms with Gasteiger partial charge in [-0.15, -0.1) is 0 Å². The van der Waals surface area contributed by atoms with Crippen LogP contribution in [0.2, 0.25) is 0 Å². The van der Waals surface area contributed by atoms with Crippen molar-refractivity contribution in [2.45, 2.75) is 12.6 Å². The van der Waals surface area contributed by atoms with E-state index in [2.05, 4.69) is 4.52 Å². The third-order valence-corrected chi connectivity index (χ3v) is 3.99. The maximum atomic E-state index is 12.6. The summed E-state index contributed by atoms with van der Waals surface area (Å²) in [6.45, 7) is -0.0770. The third-order valence-electron chi connectivity index (χ3n) is 2.66. The Labute approximate surface area is 199 Å². The van der Waals surface area contributed by atoms with Crippen LogP contribution in [0.25, 0.3) is 0 Å². The van der Waals surface area contributed by atoms with Crippen molar-refractivity contribution in [3.63, 3.8) is 0 Å². The Hall–Kier alpha value is 0.450. The molecular weight excluding hydrogens is 434 g/mol. The van der Waals surface area contributed by atoms with Crippen LogP contribution < -0.4 is 73.6 Å². The van der Waals surface area contributed by atoms with Gasteiger partial charge in [0, 0.05) is 6.26 Å². The van der Waals surface area contributed by atoms with Crippen LogP contribution in [0, 0.1) is 0 Å². The van der Waals surface area contributed by atoms with Crippen molar-refractivity contribution in [3.05, 3.63) is 41.7 Å². The number of halogens is 3. The molecule has 0 aromatic heterocycles. The minimum atomic E-state index is -5.83. The minimum absolute atomic E-state index is 0. The number of rotatable bonds is 8. The summed E-state index contributed by atoms with van der Waals surface area (Å²) in [7, 11) is -9.01. The van der Waals surface area contributed by atoms with Gasteiger partial charge >= 0.3 is 65.3 Å². The van der Waals surface area contributed by atoms with Crippen LogP contribution >= 0.6 is 7.82 Å². The molecule has 142 valence electrons. The second-order valence-electron chi connectivity index (χ2n) is 4.93. The number of hydrogen-bond donors (Lipinski definition) is 0. The molecule has 0 fully saturated rings. The largest absolute Gasteiger partial charge is 1.00 e. The van der Waals surface area contributed by atoms with Crippen LogP contribution in [0.3, 0.4) is 0 Å². The standard InChI is InChI=1S/C13H16F3O7PS.2Na/c1-25(20,21)9-8-22-11-5-2-10(3-6-11)4-7-12(13(14,15)16)23-24(17,18)19;;/h2-3,5-7H,4,8-9H2,1H3,(H2,17,18,19);;/q;2*+1/p-2/b12-7-;;. The predicted octanol–water partition coefficient (Wildman–Crippen LogP) is -5.05. The minimum Gasteiger partial charge on any atom is -0.780 e. The first kappa shape index (κ1) is 29.6. The van der Waals surface area contributed by atoms with Crippen LogP contribution in [-0.2, 0) is 25.3 Å². The van der Waals surface area contributed by atoms with Crippen molar-refractivity contribution in [2.24, 2.45) is 0 Å². The topological polar surface area (TPSA) is 116 Å². The molecule has 0 amide bonds. The summed E-state index contributed by atoms with van der Waals surface area (Å²) in [5.41, 5.74) is 0.354. The molecule has 1 rings (SSSR count). The van der Waals surface area contributed by atoms with Crippen LogP contribution in [-0.4, -0.2) is 33.2 Å². The molecule has 0 radical (unpaired) electrons. The van der Waals surface area contributed by atoms with Gasteiger partial charge in [-0.3, -0.25) is 0 Å². The molecule has 7 nitrogen and oxygen atoms in total. The number of benzene rings is 1. The molecule has 0 aliphatic rings. The van der Waals surface area contributed by atoms with Gasteiger partial charge < -0.3 is 23.6 Å². The molecule has 0 aliphatic heterocycles. The van der Waals surface area contributed by atoms with Gasteiger partial charge in [0.2, 0.25) is 5.76 Å². The summed E-state index contributed by atoms with van der Waals surface area (Å²) in [5, 5.41) is 0. The summed E-state index contributed by atoms with van der Waals surface area (Å²) >= 11 is 0. The molecule has 0 spiro atoms. The number of phosphoric ester groups is 1. The molecule has 0 saturated heterocycles. The second-order valence-corrected chi connectivity index (χ2v) is 8.27. The van der Waals surface area contributed by atoms with E-state index < -0.39 is 29.6 Å². The summed E-state index contributed by atoms with van der Waals surface area (Å²) in [6.07, 6.45) is -3.99. The Bertz CT molecular complexity index is 761. The summed E-state index contributed by atoms with van der Waals surface area (Å²) < 4.78 is 78.6. The maximum Gasteiger partial charge on any atom is 1.00 e. The zero-order valence-corrected chi connectivity index (χ0v) is 20.6. The summed E-state index contributed by atoms with van der Waals surface area (Å²) in [5.74, 6) is -1.78. The quantitative estimate of drug-likeness (QED) is 0.222. The molecule has 1 aromatic carbocycles. The Morgan fingerprint density at radius 3 is 2.11 bits per heavy atom. The SMILES string of the molecule is CS(=O)(=O)CCOc1ccc(C/C=C(\OP(=O)([O-])[O-])C(F)(F)F)cc1.[Na+].[Na+]. The van der Waals surface area contributed by atoms with Crippen molar-refractivity contribution in [1.82, 2.24) is 0 Å². The first-order valence-electron chi connectivity index (χ1n) is 6.65. The van der Waals surface area contributed by atoms with Crippen LogP contribution in [0.15, 0.2) is 36.1 Å². The van der Waals surface area contributed by atoms with Crippen molar-refractivity contribution in [1.29, 1.82) is 0 Å². The Morgan fingerprint density at radius 2 is 1.70 bits per heavy atom. The van der Waals surface area contributed by atoms with Gasteiger partial charge in [-0.25, -0.2) is 8.42 Å². The van der Waals surface area contributed by atoms with Crippen LogP contribution in [0.1, 0.15) is 5.56 Å². The van der Waals surface area contributed by atoms with Crippen LogP contribution in [0.5, 0.6) is 5.75 Å². The fraction of sp³-hybridized carbons (Fsp3) is 0.385. The third kappa shape index (κ3) is 14.1. The number of phosphoric acid groups is 1. The average Bonchev–Trinajstić information content (AvgIpc) is 2.41. The number of ether oxygens (including phenoxy) is 1. The van der Waals surface area contributed by atoms with Crippen LogP contribution in [0.4, 0.5) is 13.2 Å². The molecule has 0 aliphatic carbocycles. The van der Waals surface area contributed by atoms with E-state index in [1.807, 2.05) is 0 Å². The van der Waals surface area contributed by atoms with E-state index in [0.29, 0.717) is 17.4 Å². The first-order chi connectivity index (χ1) is 11.3. The molecule has 0 saturated carbocycles. The Kier molecular flexibility index (Phi) is 13.4. The monoisotopic (exact) mass is 448 g/mol. The maximum absolute atomic E-state index is 12.6. The van der Waals surface area contributed by atoms with Gasteiger partial charge in [0.15, 0.2) is 9.84 Å². The van der Waals surface area contributed by atoms with Crippen molar-refractivity contribution < 1.29 is 104 Å². The smallest absolute Gasteiger partial charge is 0.780 e. The zero-order chi connectivity index (χ0) is 19.3. The summed E-state index contributed by atoms with van der Waals surface area (Å²) in [4.78, 5) is 20.7. The van der Waals surface area contributed by atoms with Gasteiger partial charge in [0.05, 0.1) is 5.75 Å². The fourth-order valence-electron chi connectivity index (χ4n) is 1.57. The first-order valence-corrected chi connectivity index (χ1v) is 10.2. The Balaban J connectivity index is 0. The molecule has 0 unspecified atom stereocenters. The molecular formula is C13H14F3Na2O7PS. The molecule has 0 N–H and O–H groups in total. The van der Waals surface area contributed by atoms with Gasteiger partial charge in [-0.2, -0.15) is 13.2 Å². The number of alkyl halides is 3. The van der Waals surface area contributed by atoms with Crippen molar-refractivity contribution in [3.8, 4) is 5.75 Å². The average molecular weight is 448 g/mol. The van der Waals surface area contributed by atoms with E-state index >= 15 is 0 Å². The molecule has 0 heterocycles.